The van der Waals surface area contributed by atoms with Crippen molar-refractivity contribution in [3.8, 4) is 0 Å². The van der Waals surface area contributed by atoms with E-state index in [0.29, 0.717) is 32.7 Å². The van der Waals surface area contributed by atoms with Gasteiger partial charge in [0, 0.05) is 25.4 Å². The molecule has 1 spiro atoms. The standard InChI is InChI=1S/C22H26N2O3/c1-17-4-6-18(7-5-17)11-21(25)24-15-22(16-24)12-20(8-10-27-22)26-14-19-3-2-9-23-13-19/h2-7,9,13,20H,8,10-12,14-16H2,1H3/t20-/m0/s1. The summed E-state index contributed by atoms with van der Waals surface area (Å²) >= 11 is 0. The Bertz CT molecular complexity index is 770. The van der Waals surface area contributed by atoms with Gasteiger partial charge in [0.15, 0.2) is 0 Å². The highest BCUT2D eigenvalue weighted by Crippen LogP contribution is 2.35. The topological polar surface area (TPSA) is 51.7 Å². The summed E-state index contributed by atoms with van der Waals surface area (Å²) in [4.78, 5) is 18.6. The molecule has 2 aliphatic rings. The minimum atomic E-state index is -0.221. The second kappa shape index (κ2) is 7.79. The number of benzene rings is 1. The van der Waals surface area contributed by atoms with Crippen LogP contribution in [0.5, 0.6) is 0 Å². The van der Waals surface area contributed by atoms with Gasteiger partial charge in [-0.1, -0.05) is 35.9 Å². The van der Waals surface area contributed by atoms with E-state index in [1.807, 2.05) is 35.4 Å². The van der Waals surface area contributed by atoms with Crippen LogP contribution in [0.1, 0.15) is 29.5 Å². The summed E-state index contributed by atoms with van der Waals surface area (Å²) < 4.78 is 12.1. The van der Waals surface area contributed by atoms with Crippen LogP contribution in [0.4, 0.5) is 0 Å². The van der Waals surface area contributed by atoms with Gasteiger partial charge in [-0.05, 0) is 30.5 Å². The van der Waals surface area contributed by atoms with E-state index >= 15 is 0 Å². The van der Waals surface area contributed by atoms with Crippen molar-refractivity contribution in [2.45, 2.75) is 44.5 Å². The van der Waals surface area contributed by atoms with Gasteiger partial charge in [-0.25, -0.2) is 0 Å². The summed E-state index contributed by atoms with van der Waals surface area (Å²) in [6.07, 6.45) is 5.99. The lowest BCUT2D eigenvalue weighted by atomic mass is 9.84. The fourth-order valence-electron chi connectivity index (χ4n) is 3.86. The summed E-state index contributed by atoms with van der Waals surface area (Å²) in [6, 6.07) is 12.1. The SMILES string of the molecule is Cc1ccc(CC(=O)N2CC3(C[C@@H](OCc4cccnc4)CCO3)C2)cc1. The fourth-order valence-corrected chi connectivity index (χ4v) is 3.86. The van der Waals surface area contributed by atoms with Crippen molar-refractivity contribution in [1.82, 2.24) is 9.88 Å². The molecule has 0 N–H and O–H groups in total. The predicted molar refractivity (Wildman–Crippen MR) is 102 cm³/mol. The molecule has 2 saturated heterocycles. The maximum atomic E-state index is 12.5. The zero-order valence-corrected chi connectivity index (χ0v) is 15.8. The molecule has 1 atom stereocenters. The third kappa shape index (κ3) is 4.37. The largest absolute Gasteiger partial charge is 0.373 e. The molecule has 27 heavy (non-hydrogen) atoms. The van der Waals surface area contributed by atoms with Crippen LogP contribution >= 0.6 is 0 Å². The van der Waals surface area contributed by atoms with E-state index in [0.717, 1.165) is 24.0 Å². The highest BCUT2D eigenvalue weighted by molar-refractivity contribution is 5.80. The number of hydrogen-bond donors (Lipinski definition) is 0. The van der Waals surface area contributed by atoms with Crippen LogP contribution in [0.25, 0.3) is 0 Å². The maximum Gasteiger partial charge on any atom is 0.227 e. The molecule has 0 aliphatic carbocycles. The second-order valence-electron chi connectivity index (χ2n) is 7.73. The molecule has 5 nitrogen and oxygen atoms in total. The number of pyridine rings is 1. The van der Waals surface area contributed by atoms with Gasteiger partial charge in [0.1, 0.15) is 5.60 Å². The number of aromatic nitrogens is 1. The lowest BCUT2D eigenvalue weighted by Gasteiger charge is -2.53. The van der Waals surface area contributed by atoms with Crippen LogP contribution in [0.3, 0.4) is 0 Å². The van der Waals surface area contributed by atoms with Gasteiger partial charge in [0.25, 0.3) is 0 Å². The number of rotatable bonds is 5. The average molecular weight is 366 g/mol. The number of nitrogens with zero attached hydrogens (tertiary/aromatic N) is 2. The normalized spacial score (nSPS) is 21.1. The van der Waals surface area contributed by atoms with Crippen molar-refractivity contribution >= 4 is 5.91 Å². The monoisotopic (exact) mass is 366 g/mol. The molecule has 0 unspecified atom stereocenters. The smallest absolute Gasteiger partial charge is 0.227 e. The highest BCUT2D eigenvalue weighted by atomic mass is 16.5. The zero-order chi connectivity index (χ0) is 18.7. The highest BCUT2D eigenvalue weighted by Gasteiger charge is 2.49. The quantitative estimate of drug-likeness (QED) is 0.816. The van der Waals surface area contributed by atoms with Crippen molar-refractivity contribution in [2.24, 2.45) is 0 Å². The van der Waals surface area contributed by atoms with Crippen LogP contribution in [-0.4, -0.2) is 47.2 Å². The Morgan fingerprint density at radius 2 is 2.07 bits per heavy atom. The molecular weight excluding hydrogens is 340 g/mol. The first-order valence-electron chi connectivity index (χ1n) is 9.60. The first-order valence-corrected chi connectivity index (χ1v) is 9.60. The average Bonchev–Trinajstić information content (AvgIpc) is 2.67. The minimum absolute atomic E-state index is 0.173. The minimum Gasteiger partial charge on any atom is -0.373 e. The van der Waals surface area contributed by atoms with Gasteiger partial charge in [0.05, 0.1) is 32.2 Å². The predicted octanol–water partition coefficient (Wildman–Crippen LogP) is 2.91. The van der Waals surface area contributed by atoms with Crippen LogP contribution in [0, 0.1) is 6.92 Å². The van der Waals surface area contributed by atoms with E-state index in [1.165, 1.54) is 5.56 Å². The van der Waals surface area contributed by atoms with E-state index in [9.17, 15) is 4.79 Å². The first kappa shape index (κ1) is 18.1. The molecule has 0 bridgehead atoms. The lowest BCUT2D eigenvalue weighted by Crippen LogP contribution is -2.67. The molecule has 0 radical (unpaired) electrons. The lowest BCUT2D eigenvalue weighted by molar-refractivity contribution is -0.202. The molecular formula is C22H26N2O3. The third-order valence-electron chi connectivity index (χ3n) is 5.44. The van der Waals surface area contributed by atoms with E-state index in [4.69, 9.17) is 9.47 Å². The number of carbonyl (C=O) groups is 1. The Labute approximate surface area is 160 Å². The number of hydrogen-bond acceptors (Lipinski definition) is 4. The van der Waals surface area contributed by atoms with E-state index in [2.05, 4.69) is 24.0 Å². The molecule has 142 valence electrons. The van der Waals surface area contributed by atoms with Gasteiger partial charge >= 0.3 is 0 Å². The molecule has 0 saturated carbocycles. The fraction of sp³-hybridized carbons (Fsp3) is 0.455. The van der Waals surface area contributed by atoms with Crippen LogP contribution in [0.2, 0.25) is 0 Å². The Morgan fingerprint density at radius 3 is 2.81 bits per heavy atom. The van der Waals surface area contributed by atoms with Crippen LogP contribution in [0.15, 0.2) is 48.8 Å². The third-order valence-corrected chi connectivity index (χ3v) is 5.44. The summed E-state index contributed by atoms with van der Waals surface area (Å²) in [5.74, 6) is 0.173. The molecule has 1 aromatic carbocycles. The summed E-state index contributed by atoms with van der Waals surface area (Å²) in [6.45, 7) is 4.66. The molecule has 2 aliphatic heterocycles. The maximum absolute atomic E-state index is 12.5. The Hall–Kier alpha value is -2.24. The molecule has 5 heteroatoms. The second-order valence-corrected chi connectivity index (χ2v) is 7.73. The van der Waals surface area contributed by atoms with Crippen molar-refractivity contribution in [1.29, 1.82) is 0 Å². The number of aryl methyl sites for hydroxylation is 1. The number of carbonyl (C=O) groups excluding carboxylic acids is 1. The summed E-state index contributed by atoms with van der Waals surface area (Å²) in [5.41, 5.74) is 3.14. The Kier molecular flexibility index (Phi) is 5.23. The van der Waals surface area contributed by atoms with Gasteiger partial charge in [0.2, 0.25) is 5.91 Å². The van der Waals surface area contributed by atoms with Crippen LogP contribution < -0.4 is 0 Å². The van der Waals surface area contributed by atoms with Crippen molar-refractivity contribution in [2.75, 3.05) is 19.7 Å². The Balaban J connectivity index is 1.26. The van der Waals surface area contributed by atoms with Gasteiger partial charge < -0.3 is 14.4 Å². The first-order chi connectivity index (χ1) is 13.1. The van der Waals surface area contributed by atoms with Gasteiger partial charge in [-0.15, -0.1) is 0 Å². The van der Waals surface area contributed by atoms with Crippen molar-refractivity contribution in [3.63, 3.8) is 0 Å². The number of amides is 1. The van der Waals surface area contributed by atoms with Crippen molar-refractivity contribution in [3.05, 3.63) is 65.5 Å². The van der Waals surface area contributed by atoms with Gasteiger partial charge in [-0.3, -0.25) is 9.78 Å². The zero-order valence-electron chi connectivity index (χ0n) is 15.8. The molecule has 2 fully saturated rings. The molecule has 2 aromatic rings. The molecule has 3 heterocycles. The number of likely N-dealkylation sites (tertiary alicyclic amines) is 1. The van der Waals surface area contributed by atoms with E-state index < -0.39 is 0 Å². The van der Waals surface area contributed by atoms with Crippen LogP contribution in [-0.2, 0) is 27.3 Å². The summed E-state index contributed by atoms with van der Waals surface area (Å²) in [7, 11) is 0. The summed E-state index contributed by atoms with van der Waals surface area (Å²) in [5, 5.41) is 0. The van der Waals surface area contributed by atoms with E-state index in [-0.39, 0.29) is 17.6 Å². The molecule has 4 rings (SSSR count). The molecule has 1 amide bonds. The van der Waals surface area contributed by atoms with Crippen molar-refractivity contribution < 1.29 is 14.3 Å². The molecule has 1 aromatic heterocycles. The van der Waals surface area contributed by atoms with E-state index in [1.54, 1.807) is 6.20 Å². The number of ether oxygens (including phenoxy) is 2. The van der Waals surface area contributed by atoms with Gasteiger partial charge in [-0.2, -0.15) is 0 Å². The Morgan fingerprint density at radius 1 is 1.26 bits per heavy atom.